The van der Waals surface area contributed by atoms with Crippen molar-refractivity contribution < 1.29 is 50.6 Å². The maximum absolute atomic E-state index is 13.7. The Balaban J connectivity index is 1.57. The third-order valence-electron chi connectivity index (χ3n) is 7.67. The van der Waals surface area contributed by atoms with Gasteiger partial charge in [0.05, 0.1) is 41.6 Å². The van der Waals surface area contributed by atoms with Crippen molar-refractivity contribution in [2.45, 2.75) is 38.3 Å². The van der Waals surface area contributed by atoms with Gasteiger partial charge in [0.1, 0.15) is 6.10 Å². The molecule has 258 valence electrons. The van der Waals surface area contributed by atoms with E-state index >= 15 is 0 Å². The van der Waals surface area contributed by atoms with Crippen LogP contribution in [0.3, 0.4) is 0 Å². The van der Waals surface area contributed by atoms with Crippen molar-refractivity contribution in [2.24, 2.45) is 5.92 Å². The number of alkyl halides is 6. The summed E-state index contributed by atoms with van der Waals surface area (Å²) in [5.74, 6) is -1.00. The summed E-state index contributed by atoms with van der Waals surface area (Å²) in [6, 6.07) is 9.95. The Bertz CT molecular complexity index is 1620. The van der Waals surface area contributed by atoms with E-state index in [0.29, 0.717) is 0 Å². The van der Waals surface area contributed by atoms with Gasteiger partial charge in [-0.3, -0.25) is 4.79 Å². The number of carbonyl (C=O) groups is 3. The van der Waals surface area contributed by atoms with Gasteiger partial charge in [0.15, 0.2) is 5.75 Å². The number of ether oxygens (including phenoxy) is 1. The first-order valence-electron chi connectivity index (χ1n) is 14.6. The number of anilines is 3. The zero-order valence-corrected chi connectivity index (χ0v) is 25.9. The number of aliphatic hydroxyl groups excluding tert-OH is 1. The Morgan fingerprint density at radius 1 is 0.917 bits per heavy atom. The molecule has 3 atom stereocenters. The van der Waals surface area contributed by atoms with E-state index in [1.165, 1.54) is 35.0 Å². The molecule has 4 rings (SSSR count). The smallest absolute Gasteiger partial charge is 0.416 e. The zero-order chi connectivity index (χ0) is 35.4. The van der Waals surface area contributed by atoms with Crippen LogP contribution in [-0.2, 0) is 12.4 Å². The summed E-state index contributed by atoms with van der Waals surface area (Å²) in [6.07, 6.45) is -9.91. The molecule has 3 aromatic carbocycles. The topological polar surface area (TPSA) is 123 Å². The highest BCUT2D eigenvalue weighted by Crippen LogP contribution is 2.36. The summed E-state index contributed by atoms with van der Waals surface area (Å²) >= 11 is 0. The summed E-state index contributed by atoms with van der Waals surface area (Å²) in [7, 11) is 1.44. The van der Waals surface area contributed by atoms with Gasteiger partial charge in [-0.25, -0.2) is 9.59 Å². The van der Waals surface area contributed by atoms with Crippen molar-refractivity contribution in [1.29, 1.82) is 0 Å². The number of likely N-dealkylation sites (N-methyl/N-ethyl adjacent to an activating group) is 1. The Hall–Kier alpha value is -4.99. The molecule has 5 amide bonds. The quantitative estimate of drug-likeness (QED) is 0.206. The number of nitrogens with zero attached hydrogens (tertiary/aromatic N) is 2. The summed E-state index contributed by atoms with van der Waals surface area (Å²) in [4.78, 5) is 42.3. The minimum absolute atomic E-state index is 0.0383. The third kappa shape index (κ3) is 8.67. The van der Waals surface area contributed by atoms with Gasteiger partial charge in [-0.05, 0) is 67.6 Å². The first-order valence-corrected chi connectivity index (χ1v) is 14.6. The van der Waals surface area contributed by atoms with Crippen molar-refractivity contribution in [3.63, 3.8) is 0 Å². The molecule has 1 aliphatic heterocycles. The van der Waals surface area contributed by atoms with E-state index in [4.69, 9.17) is 4.74 Å². The molecule has 16 heteroatoms. The molecular formula is C32H33F6N5O5. The van der Waals surface area contributed by atoms with Crippen LogP contribution in [-0.4, -0.2) is 71.8 Å². The molecule has 1 aliphatic rings. The monoisotopic (exact) mass is 681 g/mol. The van der Waals surface area contributed by atoms with E-state index in [1.54, 1.807) is 13.8 Å². The van der Waals surface area contributed by atoms with E-state index in [0.717, 1.165) is 48.5 Å². The second-order valence-corrected chi connectivity index (χ2v) is 11.3. The highest BCUT2D eigenvalue weighted by atomic mass is 19.4. The highest BCUT2D eigenvalue weighted by molar-refractivity contribution is 6.04. The predicted molar refractivity (Wildman–Crippen MR) is 165 cm³/mol. The standard InChI is InChI=1S/C32H33F6N5O5/c1-18-15-43(19(2)17-44)28(45)24-5-4-6-25(41-29(46)39-22-11-7-20(8-12-22)31(33,34)35)27(24)48-26(18)16-42(3)30(47)40-23-13-9-21(10-14-23)32(36,37)38/h4-14,18-19,26,44H,15-17H2,1-3H3,(H,40,47)(H2,39,41,46)/t18-,19+,26+/m1/s1. The molecule has 0 spiro atoms. The minimum atomic E-state index is -4.56. The van der Waals surface area contributed by atoms with E-state index in [1.807, 2.05) is 0 Å². The van der Waals surface area contributed by atoms with Gasteiger partial charge in [0.25, 0.3) is 5.91 Å². The molecule has 0 radical (unpaired) electrons. The lowest BCUT2D eigenvalue weighted by Gasteiger charge is -2.38. The van der Waals surface area contributed by atoms with E-state index in [-0.39, 0.29) is 48.1 Å². The maximum Gasteiger partial charge on any atom is 0.416 e. The number of hydrogen-bond donors (Lipinski definition) is 4. The van der Waals surface area contributed by atoms with Crippen LogP contribution >= 0.6 is 0 Å². The second kappa shape index (κ2) is 14.4. The van der Waals surface area contributed by atoms with Crippen molar-refractivity contribution in [3.8, 4) is 5.75 Å². The number of nitrogens with one attached hydrogen (secondary N) is 3. The summed E-state index contributed by atoms with van der Waals surface area (Å²) in [5, 5.41) is 17.4. The summed E-state index contributed by atoms with van der Waals surface area (Å²) in [6.45, 7) is 3.09. The van der Waals surface area contributed by atoms with Crippen LogP contribution in [0.2, 0.25) is 0 Å². The lowest BCUT2D eigenvalue weighted by atomic mass is 9.99. The Labute approximate surface area is 271 Å². The fourth-order valence-corrected chi connectivity index (χ4v) is 4.90. The molecule has 3 aromatic rings. The zero-order valence-electron chi connectivity index (χ0n) is 25.9. The molecule has 4 N–H and O–H groups in total. The van der Waals surface area contributed by atoms with Gasteiger partial charge in [-0.1, -0.05) is 13.0 Å². The molecule has 0 saturated heterocycles. The van der Waals surface area contributed by atoms with Crippen molar-refractivity contribution in [3.05, 3.63) is 83.4 Å². The molecule has 1 heterocycles. The Morgan fingerprint density at radius 3 is 1.98 bits per heavy atom. The summed E-state index contributed by atoms with van der Waals surface area (Å²) in [5.41, 5.74) is -1.51. The second-order valence-electron chi connectivity index (χ2n) is 11.3. The molecular weight excluding hydrogens is 648 g/mol. The number of aliphatic hydroxyl groups is 1. The fraction of sp³-hybridized carbons (Fsp3) is 0.344. The van der Waals surface area contributed by atoms with Crippen molar-refractivity contribution >= 4 is 35.0 Å². The van der Waals surface area contributed by atoms with E-state index in [9.17, 15) is 45.8 Å². The van der Waals surface area contributed by atoms with Crippen LogP contribution in [0.5, 0.6) is 5.75 Å². The van der Waals surface area contributed by atoms with Crippen LogP contribution in [0.4, 0.5) is 53.0 Å². The molecule has 0 fully saturated rings. The number of benzene rings is 3. The lowest BCUT2D eigenvalue weighted by Crippen LogP contribution is -2.50. The fourth-order valence-electron chi connectivity index (χ4n) is 4.90. The Morgan fingerprint density at radius 2 is 1.46 bits per heavy atom. The molecule has 0 unspecified atom stereocenters. The molecule has 10 nitrogen and oxygen atoms in total. The number of carbonyl (C=O) groups excluding carboxylic acids is 3. The van der Waals surface area contributed by atoms with Crippen LogP contribution < -0.4 is 20.7 Å². The number of amides is 5. The molecule has 0 bridgehead atoms. The van der Waals surface area contributed by atoms with Gasteiger partial charge >= 0.3 is 24.4 Å². The number of halogens is 6. The molecule has 0 aromatic heterocycles. The number of para-hydroxylation sites is 1. The number of urea groups is 2. The molecule has 48 heavy (non-hydrogen) atoms. The summed E-state index contributed by atoms with van der Waals surface area (Å²) < 4.78 is 83.9. The van der Waals surface area contributed by atoms with Gasteiger partial charge in [0, 0.05) is 30.9 Å². The van der Waals surface area contributed by atoms with Gasteiger partial charge in [0.2, 0.25) is 0 Å². The first kappa shape index (κ1) is 35.9. The Kier molecular flexibility index (Phi) is 10.8. The number of hydrogen-bond acceptors (Lipinski definition) is 5. The van der Waals surface area contributed by atoms with Gasteiger partial charge < -0.3 is 35.6 Å². The number of rotatable bonds is 7. The first-order chi connectivity index (χ1) is 22.5. The molecule has 0 aliphatic carbocycles. The lowest BCUT2D eigenvalue weighted by molar-refractivity contribution is -0.138. The molecule has 0 saturated carbocycles. The average molecular weight is 682 g/mol. The van der Waals surface area contributed by atoms with Gasteiger partial charge in [-0.15, -0.1) is 0 Å². The van der Waals surface area contributed by atoms with Crippen LogP contribution in [0, 0.1) is 5.92 Å². The maximum atomic E-state index is 13.7. The van der Waals surface area contributed by atoms with Gasteiger partial charge in [-0.2, -0.15) is 26.3 Å². The van der Waals surface area contributed by atoms with E-state index in [2.05, 4.69) is 16.0 Å². The average Bonchev–Trinajstić information content (AvgIpc) is 3.02. The van der Waals surface area contributed by atoms with Crippen LogP contribution in [0.25, 0.3) is 0 Å². The SMILES string of the molecule is C[C@@H]1CN([C@@H](C)CO)C(=O)c2cccc(NC(=O)Nc3ccc(C(F)(F)F)cc3)c2O[C@H]1CN(C)C(=O)Nc1ccc(C(F)(F)F)cc1. The predicted octanol–water partition coefficient (Wildman–Crippen LogP) is 6.75. The number of fused-ring (bicyclic) bond motifs is 1. The largest absolute Gasteiger partial charge is 0.485 e. The normalized spacial score (nSPS) is 17.3. The van der Waals surface area contributed by atoms with Crippen molar-refractivity contribution in [2.75, 3.05) is 42.7 Å². The van der Waals surface area contributed by atoms with E-state index < -0.39 is 59.5 Å². The van der Waals surface area contributed by atoms with Crippen LogP contribution in [0.1, 0.15) is 35.3 Å². The third-order valence-corrected chi connectivity index (χ3v) is 7.67. The highest BCUT2D eigenvalue weighted by Gasteiger charge is 2.36. The van der Waals surface area contributed by atoms with Crippen LogP contribution in [0.15, 0.2) is 66.7 Å². The van der Waals surface area contributed by atoms with Crippen molar-refractivity contribution in [1.82, 2.24) is 9.80 Å². The minimum Gasteiger partial charge on any atom is -0.485 e.